The first-order chi connectivity index (χ1) is 8.88. The largest absolute Gasteiger partial charge is 0.444 e. The van der Waals surface area contributed by atoms with Crippen LogP contribution in [0.5, 0.6) is 0 Å². The summed E-state index contributed by atoms with van der Waals surface area (Å²) < 4.78 is 5.44. The highest BCUT2D eigenvalue weighted by Crippen LogP contribution is 2.32. The second-order valence-electron chi connectivity index (χ2n) is 7.01. The molecule has 1 aliphatic carbocycles. The molecule has 2 N–H and O–H groups in total. The van der Waals surface area contributed by atoms with Crippen molar-refractivity contribution in [1.29, 1.82) is 0 Å². The first-order valence-electron chi connectivity index (χ1n) is 7.64. The van der Waals surface area contributed by atoms with E-state index in [1.54, 1.807) is 0 Å². The Kier molecular flexibility index (Phi) is 4.39. The average Bonchev–Trinajstić information content (AvgIpc) is 2.26. The predicted octanol–water partition coefficient (Wildman–Crippen LogP) is 2.90. The number of hydrogen-bond acceptors (Lipinski definition) is 3. The number of hydrogen-bond donors (Lipinski definition) is 1. The van der Waals surface area contributed by atoms with Crippen molar-refractivity contribution in [1.82, 2.24) is 4.90 Å². The Morgan fingerprint density at radius 1 is 1.21 bits per heavy atom. The summed E-state index contributed by atoms with van der Waals surface area (Å²) in [6.45, 7) is 6.50. The third-order valence-electron chi connectivity index (χ3n) is 4.33. The molecule has 0 radical (unpaired) electrons. The lowest BCUT2D eigenvalue weighted by atomic mass is 9.78. The van der Waals surface area contributed by atoms with Crippen molar-refractivity contribution in [3.05, 3.63) is 0 Å². The molecule has 1 amide bonds. The van der Waals surface area contributed by atoms with E-state index < -0.39 is 5.60 Å². The zero-order chi connectivity index (χ0) is 14.0. The molecule has 0 bridgehead atoms. The lowest BCUT2D eigenvalue weighted by molar-refractivity contribution is -0.0157. The van der Waals surface area contributed by atoms with Crippen LogP contribution in [0.3, 0.4) is 0 Å². The summed E-state index contributed by atoms with van der Waals surface area (Å²) in [5.74, 6) is 0.587. The van der Waals surface area contributed by atoms with Gasteiger partial charge in [0.1, 0.15) is 5.60 Å². The fourth-order valence-electron chi connectivity index (χ4n) is 3.19. The van der Waals surface area contributed by atoms with Crippen LogP contribution in [-0.2, 0) is 4.74 Å². The molecular formula is C15H28N2O2. The van der Waals surface area contributed by atoms with Gasteiger partial charge in [0.2, 0.25) is 0 Å². The maximum absolute atomic E-state index is 12.1. The van der Waals surface area contributed by atoms with Crippen LogP contribution < -0.4 is 5.73 Å². The van der Waals surface area contributed by atoms with Crippen molar-refractivity contribution in [2.24, 2.45) is 11.7 Å². The van der Waals surface area contributed by atoms with Gasteiger partial charge in [-0.25, -0.2) is 4.79 Å². The monoisotopic (exact) mass is 268 g/mol. The van der Waals surface area contributed by atoms with Crippen LogP contribution in [0.4, 0.5) is 4.79 Å². The number of nitrogens with zero attached hydrogens (tertiary/aromatic N) is 1. The van der Waals surface area contributed by atoms with Crippen LogP contribution >= 0.6 is 0 Å². The fraction of sp³-hybridized carbons (Fsp3) is 0.933. The van der Waals surface area contributed by atoms with Gasteiger partial charge < -0.3 is 15.4 Å². The van der Waals surface area contributed by atoms with E-state index in [4.69, 9.17) is 10.5 Å². The van der Waals surface area contributed by atoms with Crippen molar-refractivity contribution < 1.29 is 9.53 Å². The van der Waals surface area contributed by atoms with Crippen molar-refractivity contribution in [2.75, 3.05) is 6.54 Å². The van der Waals surface area contributed by atoms with Crippen molar-refractivity contribution in [3.63, 3.8) is 0 Å². The second kappa shape index (κ2) is 5.70. The second-order valence-corrected chi connectivity index (χ2v) is 7.01. The van der Waals surface area contributed by atoms with Crippen LogP contribution in [0.15, 0.2) is 0 Å². The molecular weight excluding hydrogens is 240 g/mol. The van der Waals surface area contributed by atoms with E-state index in [1.165, 1.54) is 32.1 Å². The van der Waals surface area contributed by atoms with E-state index in [0.29, 0.717) is 5.92 Å². The number of amides is 1. The van der Waals surface area contributed by atoms with E-state index in [0.717, 1.165) is 13.0 Å². The lowest BCUT2D eigenvalue weighted by Gasteiger charge is -2.46. The standard InChI is InChI=1S/C15H28N2O2/c1-15(2,3)19-14(18)17-10-9-12(17)13(16)11-7-5-4-6-8-11/h11-13H,4-10,16H2,1-3H3. The first kappa shape index (κ1) is 14.6. The molecule has 2 aliphatic rings. The Morgan fingerprint density at radius 2 is 1.84 bits per heavy atom. The number of carbonyl (C=O) groups excluding carboxylic acids is 1. The number of carbonyl (C=O) groups is 1. The summed E-state index contributed by atoms with van der Waals surface area (Å²) in [6.07, 6.45) is 7.19. The highest BCUT2D eigenvalue weighted by atomic mass is 16.6. The van der Waals surface area contributed by atoms with Crippen molar-refractivity contribution in [2.45, 2.75) is 77.0 Å². The molecule has 19 heavy (non-hydrogen) atoms. The highest BCUT2D eigenvalue weighted by Gasteiger charge is 2.41. The van der Waals surface area contributed by atoms with Gasteiger partial charge in [-0.3, -0.25) is 0 Å². The molecule has 2 fully saturated rings. The number of rotatable bonds is 2. The molecule has 1 heterocycles. The summed E-state index contributed by atoms with van der Waals surface area (Å²) >= 11 is 0. The molecule has 2 atom stereocenters. The summed E-state index contributed by atoms with van der Waals surface area (Å²) in [6, 6.07) is 0.319. The van der Waals surface area contributed by atoms with Gasteiger partial charge in [-0.1, -0.05) is 19.3 Å². The van der Waals surface area contributed by atoms with Gasteiger partial charge in [0.05, 0.1) is 6.04 Å². The van der Waals surface area contributed by atoms with E-state index in [9.17, 15) is 4.79 Å². The highest BCUT2D eigenvalue weighted by molar-refractivity contribution is 5.69. The molecule has 110 valence electrons. The first-order valence-corrected chi connectivity index (χ1v) is 7.64. The van der Waals surface area contributed by atoms with Gasteiger partial charge in [-0.05, 0) is 46.0 Å². The third kappa shape index (κ3) is 3.62. The van der Waals surface area contributed by atoms with Crippen LogP contribution in [0.25, 0.3) is 0 Å². The summed E-state index contributed by atoms with van der Waals surface area (Å²) in [5.41, 5.74) is 5.97. The fourth-order valence-corrected chi connectivity index (χ4v) is 3.19. The van der Waals surface area contributed by atoms with Gasteiger partial charge in [0, 0.05) is 12.6 Å². The lowest BCUT2D eigenvalue weighted by Crippen LogP contribution is -2.62. The van der Waals surface area contributed by atoms with Crippen molar-refractivity contribution in [3.8, 4) is 0 Å². The van der Waals surface area contributed by atoms with Crippen LogP contribution in [0, 0.1) is 5.92 Å². The van der Waals surface area contributed by atoms with Gasteiger partial charge >= 0.3 is 6.09 Å². The minimum Gasteiger partial charge on any atom is -0.444 e. The van der Waals surface area contributed by atoms with Crippen LogP contribution in [0.1, 0.15) is 59.3 Å². The van der Waals surface area contributed by atoms with Gasteiger partial charge in [0.25, 0.3) is 0 Å². The molecule has 2 rings (SSSR count). The SMILES string of the molecule is CC(C)(C)OC(=O)N1CCC1C(N)C1CCCCC1. The molecule has 4 nitrogen and oxygen atoms in total. The molecule has 1 saturated heterocycles. The molecule has 1 saturated carbocycles. The topological polar surface area (TPSA) is 55.6 Å². The third-order valence-corrected chi connectivity index (χ3v) is 4.33. The van der Waals surface area contributed by atoms with E-state index in [1.807, 2.05) is 25.7 Å². The Labute approximate surface area is 116 Å². The Balaban J connectivity index is 1.88. The minimum absolute atomic E-state index is 0.126. The van der Waals surface area contributed by atoms with Crippen LogP contribution in [-0.4, -0.2) is 35.2 Å². The molecule has 0 aromatic rings. The Hall–Kier alpha value is -0.770. The Bertz CT molecular complexity index is 319. The van der Waals surface area contributed by atoms with E-state index in [2.05, 4.69) is 0 Å². The van der Waals surface area contributed by atoms with Crippen molar-refractivity contribution >= 4 is 6.09 Å². The summed E-state index contributed by atoms with van der Waals surface area (Å²) in [7, 11) is 0. The summed E-state index contributed by atoms with van der Waals surface area (Å²) in [4.78, 5) is 13.9. The van der Waals surface area contributed by atoms with Crippen LogP contribution in [0.2, 0.25) is 0 Å². The van der Waals surface area contributed by atoms with E-state index >= 15 is 0 Å². The maximum atomic E-state index is 12.1. The zero-order valence-electron chi connectivity index (χ0n) is 12.5. The van der Waals surface area contributed by atoms with Gasteiger partial charge in [0.15, 0.2) is 0 Å². The summed E-state index contributed by atoms with van der Waals surface area (Å²) in [5, 5.41) is 0. The van der Waals surface area contributed by atoms with Gasteiger partial charge in [-0.2, -0.15) is 0 Å². The van der Waals surface area contributed by atoms with Gasteiger partial charge in [-0.15, -0.1) is 0 Å². The number of likely N-dealkylation sites (tertiary alicyclic amines) is 1. The molecule has 0 aromatic carbocycles. The molecule has 2 unspecified atom stereocenters. The van der Waals surface area contributed by atoms with E-state index in [-0.39, 0.29) is 18.2 Å². The Morgan fingerprint density at radius 3 is 2.32 bits per heavy atom. The molecule has 4 heteroatoms. The predicted molar refractivity (Wildman–Crippen MR) is 75.9 cm³/mol. The normalized spacial score (nSPS) is 26.7. The molecule has 0 aromatic heterocycles. The number of nitrogens with two attached hydrogens (primary N) is 1. The zero-order valence-corrected chi connectivity index (χ0v) is 12.5. The smallest absolute Gasteiger partial charge is 0.410 e. The quantitative estimate of drug-likeness (QED) is 0.837. The maximum Gasteiger partial charge on any atom is 0.410 e. The molecule has 0 spiro atoms. The number of ether oxygens (including phenoxy) is 1. The molecule has 1 aliphatic heterocycles. The minimum atomic E-state index is -0.424. The average molecular weight is 268 g/mol.